The Morgan fingerprint density at radius 3 is 2.88 bits per heavy atom. The van der Waals surface area contributed by atoms with Crippen LogP contribution < -0.4 is 20.3 Å². The molecule has 2 aromatic heterocycles. The maximum absolute atomic E-state index is 12.9. The Hall–Kier alpha value is -4.14. The van der Waals surface area contributed by atoms with Crippen molar-refractivity contribution in [2.45, 2.75) is 26.1 Å². The molecule has 2 aromatic carbocycles. The molecule has 0 saturated heterocycles. The zero-order valence-electron chi connectivity index (χ0n) is 18.1. The van der Waals surface area contributed by atoms with Gasteiger partial charge in [0.25, 0.3) is 11.5 Å². The topological polar surface area (TPSA) is 100 Å². The second-order valence-electron chi connectivity index (χ2n) is 7.93. The normalized spacial score (nSPS) is 14.9. The van der Waals surface area contributed by atoms with Crippen molar-refractivity contribution in [3.8, 4) is 11.5 Å². The second-order valence-corrected chi connectivity index (χ2v) is 7.93. The number of amides is 1. The molecule has 0 aliphatic carbocycles. The third-order valence-corrected chi connectivity index (χ3v) is 5.48. The predicted molar refractivity (Wildman–Crippen MR) is 121 cm³/mol. The molecule has 4 aromatic rings. The number of aromatic nitrogens is 4. The smallest absolute Gasteiger partial charge is 0.264 e. The van der Waals surface area contributed by atoms with E-state index in [4.69, 9.17) is 9.47 Å². The molecule has 1 unspecified atom stereocenters. The quantitative estimate of drug-likeness (QED) is 0.487. The van der Waals surface area contributed by atoms with Crippen LogP contribution in [0.2, 0.25) is 0 Å². The molecule has 0 radical (unpaired) electrons. The first-order valence-electron chi connectivity index (χ1n) is 10.7. The minimum absolute atomic E-state index is 0.148. The van der Waals surface area contributed by atoms with Crippen LogP contribution in [0.15, 0.2) is 65.8 Å². The first-order valence-corrected chi connectivity index (χ1v) is 10.7. The van der Waals surface area contributed by atoms with Gasteiger partial charge in [-0.25, -0.2) is 9.67 Å². The van der Waals surface area contributed by atoms with Gasteiger partial charge in [-0.3, -0.25) is 14.2 Å². The van der Waals surface area contributed by atoms with Crippen LogP contribution in [0.5, 0.6) is 11.5 Å². The highest BCUT2D eigenvalue weighted by atomic mass is 16.6. The van der Waals surface area contributed by atoms with E-state index in [1.165, 1.54) is 12.5 Å². The Labute approximate surface area is 189 Å². The van der Waals surface area contributed by atoms with Gasteiger partial charge in [0.2, 0.25) is 6.10 Å². The molecule has 0 bridgehead atoms. The van der Waals surface area contributed by atoms with Crippen LogP contribution >= 0.6 is 0 Å². The molecule has 0 fully saturated rings. The molecule has 9 nitrogen and oxygen atoms in total. The van der Waals surface area contributed by atoms with Gasteiger partial charge in [-0.1, -0.05) is 42.0 Å². The summed E-state index contributed by atoms with van der Waals surface area (Å²) in [6.45, 7) is 3.29. The third-order valence-electron chi connectivity index (χ3n) is 5.48. The maximum Gasteiger partial charge on any atom is 0.264 e. The Morgan fingerprint density at radius 2 is 2.03 bits per heavy atom. The molecule has 0 spiro atoms. The Bertz CT molecular complexity index is 1380. The van der Waals surface area contributed by atoms with Crippen molar-refractivity contribution in [1.29, 1.82) is 0 Å². The van der Waals surface area contributed by atoms with Crippen LogP contribution in [-0.4, -0.2) is 44.5 Å². The second kappa shape index (κ2) is 8.78. The average molecular weight is 445 g/mol. The summed E-state index contributed by atoms with van der Waals surface area (Å²) in [4.78, 5) is 29.8. The average Bonchev–Trinajstić information content (AvgIpc) is 3.24. The lowest BCUT2D eigenvalue weighted by Crippen LogP contribution is -2.44. The maximum atomic E-state index is 12.9. The zero-order chi connectivity index (χ0) is 22.8. The summed E-state index contributed by atoms with van der Waals surface area (Å²) in [7, 11) is 0. The molecule has 33 heavy (non-hydrogen) atoms. The lowest BCUT2D eigenvalue weighted by molar-refractivity contribution is -0.130. The van der Waals surface area contributed by atoms with Crippen molar-refractivity contribution in [2.24, 2.45) is 0 Å². The van der Waals surface area contributed by atoms with Crippen LogP contribution in [0.4, 0.5) is 0 Å². The van der Waals surface area contributed by atoms with Crippen LogP contribution in [0.3, 0.4) is 0 Å². The Kier molecular flexibility index (Phi) is 5.52. The highest BCUT2D eigenvalue weighted by Gasteiger charge is 2.27. The van der Waals surface area contributed by atoms with Crippen LogP contribution in [0.25, 0.3) is 11.0 Å². The number of benzene rings is 2. The molecule has 1 atom stereocenters. The van der Waals surface area contributed by atoms with Crippen molar-refractivity contribution in [1.82, 2.24) is 24.6 Å². The molecule has 0 saturated carbocycles. The SMILES string of the molecule is Cc1cccc(Cn2cnc3c(cnn3CCNC(=O)C3COc4ccccc4O3)c2=O)c1. The minimum Gasteiger partial charge on any atom is -0.485 e. The zero-order valence-corrected chi connectivity index (χ0v) is 18.1. The van der Waals surface area contributed by atoms with Gasteiger partial charge in [0, 0.05) is 6.54 Å². The number of hydrogen-bond acceptors (Lipinski definition) is 6. The fourth-order valence-electron chi connectivity index (χ4n) is 3.83. The third kappa shape index (κ3) is 4.30. The summed E-state index contributed by atoms with van der Waals surface area (Å²) in [5, 5.41) is 7.57. The summed E-state index contributed by atoms with van der Waals surface area (Å²) >= 11 is 0. The van der Waals surface area contributed by atoms with Crippen molar-refractivity contribution in [2.75, 3.05) is 13.2 Å². The summed E-state index contributed by atoms with van der Waals surface area (Å²) in [6.07, 6.45) is 2.34. The Morgan fingerprint density at radius 1 is 1.18 bits per heavy atom. The van der Waals surface area contributed by atoms with E-state index in [-0.39, 0.29) is 18.1 Å². The first-order chi connectivity index (χ1) is 16.1. The highest BCUT2D eigenvalue weighted by Crippen LogP contribution is 2.30. The number of ether oxygens (including phenoxy) is 2. The van der Waals surface area contributed by atoms with E-state index >= 15 is 0 Å². The van der Waals surface area contributed by atoms with Crippen molar-refractivity contribution < 1.29 is 14.3 Å². The van der Waals surface area contributed by atoms with Crippen LogP contribution in [-0.2, 0) is 17.9 Å². The van der Waals surface area contributed by atoms with Gasteiger partial charge < -0.3 is 14.8 Å². The number of carbonyl (C=O) groups excluding carboxylic acids is 1. The van der Waals surface area contributed by atoms with Gasteiger partial charge in [-0.2, -0.15) is 5.10 Å². The van der Waals surface area contributed by atoms with E-state index in [1.54, 1.807) is 21.4 Å². The fraction of sp³-hybridized carbons (Fsp3) is 0.250. The van der Waals surface area contributed by atoms with Gasteiger partial charge in [-0.15, -0.1) is 0 Å². The molecule has 5 rings (SSSR count). The number of nitrogens with one attached hydrogen (secondary N) is 1. The van der Waals surface area contributed by atoms with E-state index in [0.717, 1.165) is 11.1 Å². The molecule has 1 amide bonds. The minimum atomic E-state index is -0.721. The summed E-state index contributed by atoms with van der Waals surface area (Å²) < 4.78 is 14.5. The predicted octanol–water partition coefficient (Wildman–Crippen LogP) is 1.91. The standard InChI is InChI=1S/C24H23N5O4/c1-16-5-4-6-17(11-16)13-28-15-26-22-18(24(28)31)12-27-29(22)10-9-25-23(30)21-14-32-19-7-2-3-8-20(19)33-21/h2-8,11-12,15,21H,9-10,13-14H2,1H3,(H,25,30). The lowest BCUT2D eigenvalue weighted by Gasteiger charge is -2.25. The van der Waals surface area contributed by atoms with Gasteiger partial charge in [0.05, 0.1) is 19.3 Å². The lowest BCUT2D eigenvalue weighted by atomic mass is 10.1. The van der Waals surface area contributed by atoms with Crippen LogP contribution in [0.1, 0.15) is 11.1 Å². The van der Waals surface area contributed by atoms with E-state index in [2.05, 4.69) is 15.4 Å². The van der Waals surface area contributed by atoms with Crippen LogP contribution in [0, 0.1) is 6.92 Å². The summed E-state index contributed by atoms with van der Waals surface area (Å²) in [5.41, 5.74) is 2.51. The Balaban J connectivity index is 1.22. The molecular weight excluding hydrogens is 422 g/mol. The molecule has 1 aliphatic heterocycles. The van der Waals surface area contributed by atoms with Gasteiger partial charge >= 0.3 is 0 Å². The number of fused-ring (bicyclic) bond motifs is 2. The molecule has 9 heteroatoms. The largest absolute Gasteiger partial charge is 0.485 e. The molecule has 1 aliphatic rings. The number of rotatable bonds is 6. The summed E-state index contributed by atoms with van der Waals surface area (Å²) in [5.74, 6) is 0.909. The molecule has 168 valence electrons. The van der Waals surface area contributed by atoms with Crippen molar-refractivity contribution in [3.05, 3.63) is 82.5 Å². The van der Waals surface area contributed by atoms with E-state index in [1.807, 2.05) is 43.3 Å². The van der Waals surface area contributed by atoms with Crippen molar-refractivity contribution in [3.63, 3.8) is 0 Å². The monoisotopic (exact) mass is 445 g/mol. The van der Waals surface area contributed by atoms with E-state index < -0.39 is 6.10 Å². The molecular formula is C24H23N5O4. The first kappa shape index (κ1) is 20.7. The van der Waals surface area contributed by atoms with Gasteiger partial charge in [-0.05, 0) is 24.6 Å². The van der Waals surface area contributed by atoms with E-state index in [9.17, 15) is 9.59 Å². The summed E-state index contributed by atoms with van der Waals surface area (Å²) in [6, 6.07) is 15.3. The number of nitrogens with zero attached hydrogens (tertiary/aromatic N) is 4. The number of para-hydroxylation sites is 2. The van der Waals surface area contributed by atoms with E-state index in [0.29, 0.717) is 42.2 Å². The van der Waals surface area contributed by atoms with Gasteiger partial charge in [0.15, 0.2) is 17.1 Å². The fourth-order valence-corrected chi connectivity index (χ4v) is 3.83. The highest BCUT2D eigenvalue weighted by molar-refractivity contribution is 5.81. The van der Waals surface area contributed by atoms with Crippen molar-refractivity contribution >= 4 is 16.9 Å². The van der Waals surface area contributed by atoms with Gasteiger partial charge in [0.1, 0.15) is 18.3 Å². The number of carbonyl (C=O) groups is 1. The molecule has 3 heterocycles. The number of aryl methyl sites for hydroxylation is 1. The number of hydrogen-bond donors (Lipinski definition) is 1. The molecule has 1 N–H and O–H groups in total.